The van der Waals surface area contributed by atoms with Crippen molar-refractivity contribution in [3.05, 3.63) is 150 Å². The summed E-state index contributed by atoms with van der Waals surface area (Å²) in [6.45, 7) is 5.86. The average molecular weight is 1140 g/mol. The van der Waals surface area contributed by atoms with Gasteiger partial charge in [-0.2, -0.15) is 42.4 Å². The summed E-state index contributed by atoms with van der Waals surface area (Å²) in [6, 6.07) is 35.8. The van der Waals surface area contributed by atoms with Crippen molar-refractivity contribution in [2.45, 2.75) is 30.6 Å². The summed E-state index contributed by atoms with van der Waals surface area (Å²) < 4.78 is 130. The SMILES string of the molecule is COc1cc(N=Nc2cc3c(S(=O)(=O)O)cccc3cc2S(=O)(=O)O)ccc1N=Nc1ccc(N=Nc2cc(C)c(N=Nc3ccc4cc(NCOc5ccc(N)cc5)ccc4c3O)cc2C)cc1C.O=S(=O)=O.O=S(=O)=O. The van der Waals surface area contributed by atoms with Crippen LogP contribution in [0.1, 0.15) is 16.7 Å². The molecule has 0 spiro atoms. The summed E-state index contributed by atoms with van der Waals surface area (Å²) in [7, 11) is -14.3. The summed E-state index contributed by atoms with van der Waals surface area (Å²) in [6.07, 6.45) is 0. The van der Waals surface area contributed by atoms with E-state index < -0.39 is 51.2 Å². The van der Waals surface area contributed by atoms with Crippen LogP contribution in [0, 0.1) is 20.8 Å². The molecule has 0 aliphatic carbocycles. The maximum Gasteiger partial charge on any atom is 0.425 e. The number of rotatable bonds is 15. The van der Waals surface area contributed by atoms with E-state index >= 15 is 0 Å². The summed E-state index contributed by atoms with van der Waals surface area (Å²) in [4.78, 5) is -1.10. The van der Waals surface area contributed by atoms with Gasteiger partial charge in [-0.3, -0.25) is 9.11 Å². The summed E-state index contributed by atoms with van der Waals surface area (Å²) in [5.74, 6) is 0.942. The second-order valence-corrected chi connectivity index (χ2v) is 19.7. The number of benzene rings is 8. The van der Waals surface area contributed by atoms with Gasteiger partial charge in [0, 0.05) is 28.2 Å². The number of ether oxygens (including phenoxy) is 2. The number of nitrogen functional groups attached to an aromatic ring is 1. The lowest BCUT2D eigenvalue weighted by atomic mass is 10.1. The van der Waals surface area contributed by atoms with Crippen LogP contribution in [0.25, 0.3) is 21.5 Å². The van der Waals surface area contributed by atoms with Crippen molar-refractivity contribution in [1.82, 2.24) is 0 Å². The highest BCUT2D eigenvalue weighted by Gasteiger charge is 2.21. The third-order valence-corrected chi connectivity index (χ3v) is 12.6. The van der Waals surface area contributed by atoms with Crippen LogP contribution in [0.15, 0.2) is 184 Å². The van der Waals surface area contributed by atoms with Crippen LogP contribution in [-0.2, 0) is 41.5 Å². The zero-order valence-electron chi connectivity index (χ0n) is 40.9. The lowest BCUT2D eigenvalue weighted by Gasteiger charge is -2.11. The molecule has 29 heteroatoms. The number of phenolic OH excluding ortho intramolecular Hbond substituents is 1. The number of aryl methyl sites for hydroxylation is 3. The normalized spacial score (nSPS) is 11.7. The zero-order valence-corrected chi connectivity index (χ0v) is 44.2. The molecule has 0 saturated heterocycles. The Hall–Kier alpha value is -9.26. The van der Waals surface area contributed by atoms with Crippen LogP contribution in [0.2, 0.25) is 0 Å². The minimum absolute atomic E-state index is 0.00749. The first kappa shape index (κ1) is 58.0. The minimum atomic E-state index is -4.83. The number of phenols is 1. The number of hydrogen-bond acceptors (Lipinski definition) is 23. The minimum Gasteiger partial charge on any atom is -0.505 e. The third-order valence-electron chi connectivity index (χ3n) is 10.8. The topological polar surface area (TPSA) is 387 Å². The number of nitrogens with one attached hydrogen (secondary N) is 1. The van der Waals surface area contributed by atoms with E-state index in [1.165, 1.54) is 31.4 Å². The molecule has 0 amide bonds. The summed E-state index contributed by atoms with van der Waals surface area (Å²) >= 11 is 0. The lowest BCUT2D eigenvalue weighted by molar-refractivity contribution is 0.347. The van der Waals surface area contributed by atoms with Gasteiger partial charge in [0.2, 0.25) is 0 Å². The van der Waals surface area contributed by atoms with Gasteiger partial charge in [-0.1, -0.05) is 18.2 Å². The van der Waals surface area contributed by atoms with E-state index in [9.17, 15) is 31.0 Å². The predicted molar refractivity (Wildman–Crippen MR) is 285 cm³/mol. The molecule has 0 radical (unpaired) electrons. The van der Waals surface area contributed by atoms with Gasteiger partial charge in [0.1, 0.15) is 38.4 Å². The molecule has 0 aliphatic rings. The first-order chi connectivity index (χ1) is 36.9. The maximum atomic E-state index is 12.2. The average Bonchev–Trinajstić information content (AvgIpc) is 3.55. The van der Waals surface area contributed by atoms with Gasteiger partial charge in [-0.05, 0) is 157 Å². The summed E-state index contributed by atoms with van der Waals surface area (Å²) in [5.41, 5.74) is 12.4. The van der Waals surface area contributed by atoms with Crippen LogP contribution < -0.4 is 20.5 Å². The molecule has 25 nitrogen and oxygen atoms in total. The fraction of sp³-hybridized carbons (Fsp3) is 0.102. The van der Waals surface area contributed by atoms with E-state index in [1.807, 2.05) is 57.2 Å². The van der Waals surface area contributed by atoms with E-state index in [0.717, 1.165) is 46.0 Å². The first-order valence-corrected chi connectivity index (χ1v) is 26.9. The van der Waals surface area contributed by atoms with Crippen molar-refractivity contribution >= 4 is 120 Å². The zero-order chi connectivity index (χ0) is 56.9. The Morgan fingerprint density at radius 3 is 1.63 bits per heavy atom. The molecule has 6 N–H and O–H groups in total. The van der Waals surface area contributed by atoms with Crippen molar-refractivity contribution in [3.8, 4) is 17.2 Å². The van der Waals surface area contributed by atoms with Crippen molar-refractivity contribution in [2.24, 2.45) is 40.9 Å². The van der Waals surface area contributed by atoms with Gasteiger partial charge in [-0.15, -0.1) is 40.6 Å². The number of fused-ring (bicyclic) bond motifs is 2. The Morgan fingerprint density at radius 2 is 1.03 bits per heavy atom. The second-order valence-electron chi connectivity index (χ2n) is 16.1. The molecule has 0 fully saturated rings. The molecule has 402 valence electrons. The molecule has 8 aromatic carbocycles. The molecule has 0 heterocycles. The Kier molecular flexibility index (Phi) is 19.0. The van der Waals surface area contributed by atoms with E-state index in [1.54, 1.807) is 54.6 Å². The van der Waals surface area contributed by atoms with E-state index in [-0.39, 0.29) is 40.4 Å². The highest BCUT2D eigenvalue weighted by molar-refractivity contribution is 7.86. The maximum absolute atomic E-state index is 12.2. The number of anilines is 2. The van der Waals surface area contributed by atoms with Gasteiger partial charge in [0.25, 0.3) is 20.2 Å². The van der Waals surface area contributed by atoms with Crippen LogP contribution in [0.4, 0.5) is 56.9 Å². The lowest BCUT2D eigenvalue weighted by Crippen LogP contribution is -2.08. The molecule has 0 atom stereocenters. The molecule has 0 saturated carbocycles. The van der Waals surface area contributed by atoms with E-state index in [4.69, 9.17) is 40.5 Å². The Morgan fingerprint density at radius 1 is 0.513 bits per heavy atom. The molecule has 0 aromatic heterocycles. The van der Waals surface area contributed by atoms with Crippen molar-refractivity contribution in [2.75, 3.05) is 24.9 Å². The molecular formula is C49H42N10O15S4. The standard InChI is InChI=1S/C49H42N10O9S2.2O3S/c1-28-20-35(12-18-40(28)54-55-41-19-13-36(25-46(41)67-4)53-59-45-26-39-31(24-48(45)70(64,65)66)6-5-7-47(39)69(61,62)63)52-57-43-21-30(3)44(22-29(43)2)58-56-42-17-8-32-23-34(11-16-38(32)49(42)60)51-27-68-37-14-9-33(50)10-15-37;2*1-4(2)3/h5-26,51,60H,27,50H2,1-4H3,(H,61,62,63)(H,64,65,66);;. The Labute approximate surface area is 447 Å². The fourth-order valence-electron chi connectivity index (χ4n) is 7.10. The second kappa shape index (κ2) is 25.5. The Balaban J connectivity index is 0.00000115. The van der Waals surface area contributed by atoms with Gasteiger partial charge >= 0.3 is 21.2 Å². The molecule has 78 heavy (non-hydrogen) atoms. The van der Waals surface area contributed by atoms with Crippen LogP contribution in [-0.4, -0.2) is 70.1 Å². The molecule has 8 rings (SSSR count). The summed E-state index contributed by atoms with van der Waals surface area (Å²) in [5, 5.41) is 50.4. The third kappa shape index (κ3) is 15.9. The number of hydrogen-bond donors (Lipinski definition) is 5. The quantitative estimate of drug-likeness (QED) is 0.0275. The van der Waals surface area contributed by atoms with Gasteiger partial charge in [0.15, 0.2) is 12.5 Å². The largest absolute Gasteiger partial charge is 0.505 e. The number of methoxy groups -OCH3 is 1. The van der Waals surface area contributed by atoms with E-state index in [0.29, 0.717) is 50.9 Å². The molecule has 0 aliphatic heterocycles. The molecular weight excluding hydrogens is 1100 g/mol. The van der Waals surface area contributed by atoms with Crippen LogP contribution in [0.5, 0.6) is 17.2 Å². The smallest absolute Gasteiger partial charge is 0.425 e. The van der Waals surface area contributed by atoms with Crippen LogP contribution in [0.3, 0.4) is 0 Å². The predicted octanol–water partition coefficient (Wildman–Crippen LogP) is 11.8. The fourth-order valence-corrected chi connectivity index (χ4v) is 8.44. The molecule has 0 unspecified atom stereocenters. The monoisotopic (exact) mass is 1140 g/mol. The Bertz CT molecular complexity index is 4160. The van der Waals surface area contributed by atoms with Gasteiger partial charge in [-0.25, -0.2) is 0 Å². The number of azo groups is 4. The van der Waals surface area contributed by atoms with Gasteiger partial charge in [0.05, 0.1) is 35.5 Å². The molecule has 0 bridgehead atoms. The van der Waals surface area contributed by atoms with Crippen molar-refractivity contribution in [3.63, 3.8) is 0 Å². The van der Waals surface area contributed by atoms with E-state index in [2.05, 4.69) is 46.2 Å². The van der Waals surface area contributed by atoms with Crippen LogP contribution >= 0.6 is 0 Å². The first-order valence-electron chi connectivity index (χ1n) is 22.0. The highest BCUT2D eigenvalue weighted by Crippen LogP contribution is 2.40. The number of aromatic hydroxyl groups is 1. The van der Waals surface area contributed by atoms with Crippen molar-refractivity contribution < 1.29 is 65.8 Å². The highest BCUT2D eigenvalue weighted by atomic mass is 32.2. The molecule has 8 aromatic rings. The number of nitrogens with zero attached hydrogens (tertiary/aromatic N) is 8. The van der Waals surface area contributed by atoms with Gasteiger partial charge < -0.3 is 25.6 Å². The number of nitrogens with two attached hydrogens (primary N) is 1. The van der Waals surface area contributed by atoms with Crippen molar-refractivity contribution in [1.29, 1.82) is 0 Å².